The largest absolute Gasteiger partial charge is 0.304 e. The van der Waals surface area contributed by atoms with E-state index < -0.39 is 5.92 Å². The van der Waals surface area contributed by atoms with E-state index in [-0.39, 0.29) is 30.5 Å². The van der Waals surface area contributed by atoms with Crippen LogP contribution >= 0.6 is 11.3 Å². The second kappa shape index (κ2) is 7.49. The molecule has 2 bridgehead atoms. The Hall–Kier alpha value is -2.10. The molecule has 2 aliphatic rings. The number of carbonyl (C=O) groups is 1. The summed E-state index contributed by atoms with van der Waals surface area (Å²) < 4.78 is 14.6. The van der Waals surface area contributed by atoms with Gasteiger partial charge in [-0.05, 0) is 55.7 Å². The van der Waals surface area contributed by atoms with Crippen LogP contribution in [0.4, 0.5) is 4.39 Å². The van der Waals surface area contributed by atoms with Crippen LogP contribution in [0, 0.1) is 35.9 Å². The highest BCUT2D eigenvalue weighted by atomic mass is 32.1. The van der Waals surface area contributed by atoms with Gasteiger partial charge >= 0.3 is 0 Å². The Labute approximate surface area is 162 Å². The Bertz CT molecular complexity index is 903. The van der Waals surface area contributed by atoms with E-state index in [0.717, 1.165) is 34.7 Å². The Morgan fingerprint density at radius 3 is 2.93 bits per heavy atom. The summed E-state index contributed by atoms with van der Waals surface area (Å²) in [5, 5.41) is 13.8. The number of aryl methyl sites for hydroxylation is 1. The van der Waals surface area contributed by atoms with Crippen LogP contribution < -0.4 is 5.32 Å². The number of fused-ring (bicyclic) bond motifs is 2. The number of thiazole rings is 1. The van der Waals surface area contributed by atoms with E-state index in [1.807, 2.05) is 13.0 Å². The van der Waals surface area contributed by atoms with E-state index in [2.05, 4.69) is 16.4 Å². The molecule has 4 rings (SSSR count). The van der Waals surface area contributed by atoms with Crippen molar-refractivity contribution in [1.29, 1.82) is 5.26 Å². The fourth-order valence-corrected chi connectivity index (χ4v) is 5.15. The number of piperidine rings is 1. The molecule has 1 saturated heterocycles. The van der Waals surface area contributed by atoms with Crippen molar-refractivity contribution in [3.8, 4) is 16.5 Å². The molecule has 140 valence electrons. The molecule has 0 unspecified atom stereocenters. The molecule has 4 atom stereocenters. The molecule has 1 N–H and O–H groups in total. The molecule has 0 amide bonds. The van der Waals surface area contributed by atoms with Crippen LogP contribution in [0.2, 0.25) is 0 Å². The van der Waals surface area contributed by atoms with Crippen molar-refractivity contribution < 1.29 is 9.18 Å². The van der Waals surface area contributed by atoms with E-state index >= 15 is 0 Å². The predicted molar refractivity (Wildman–Crippen MR) is 103 cm³/mol. The lowest BCUT2D eigenvalue weighted by molar-refractivity contribution is -0.122. The molecule has 1 saturated carbocycles. The van der Waals surface area contributed by atoms with Crippen LogP contribution in [-0.4, -0.2) is 22.9 Å². The predicted octanol–water partition coefficient (Wildman–Crippen LogP) is 4.04. The van der Waals surface area contributed by atoms with E-state index in [4.69, 9.17) is 0 Å². The van der Waals surface area contributed by atoms with E-state index in [0.29, 0.717) is 17.5 Å². The van der Waals surface area contributed by atoms with Gasteiger partial charge in [-0.25, -0.2) is 9.37 Å². The number of rotatable bonds is 6. The van der Waals surface area contributed by atoms with Gasteiger partial charge in [0.05, 0.1) is 27.9 Å². The lowest BCUT2D eigenvalue weighted by Gasteiger charge is -2.22. The topological polar surface area (TPSA) is 65.8 Å². The minimum absolute atomic E-state index is 0.103. The first-order valence-corrected chi connectivity index (χ1v) is 10.2. The fourth-order valence-electron chi connectivity index (χ4n) is 4.38. The van der Waals surface area contributed by atoms with Crippen molar-refractivity contribution in [3.63, 3.8) is 0 Å². The number of halogens is 1. The summed E-state index contributed by atoms with van der Waals surface area (Å²) in [6, 6.07) is 7.64. The second-order valence-corrected chi connectivity index (χ2v) is 8.90. The first-order chi connectivity index (χ1) is 13.0. The third-order valence-corrected chi connectivity index (χ3v) is 6.72. The fraction of sp³-hybridized carbons (Fsp3) is 0.476. The zero-order valence-corrected chi connectivity index (χ0v) is 16.1. The lowest BCUT2D eigenvalue weighted by atomic mass is 9.88. The zero-order valence-electron chi connectivity index (χ0n) is 15.2. The molecular formula is C21H22FN3OS. The molecule has 1 aromatic carbocycles. The summed E-state index contributed by atoms with van der Waals surface area (Å²) in [5.41, 5.74) is 1.28. The quantitative estimate of drug-likeness (QED) is 0.818. The van der Waals surface area contributed by atoms with Gasteiger partial charge in [0.25, 0.3) is 0 Å². The first-order valence-electron chi connectivity index (χ1n) is 9.43. The molecular weight excluding hydrogens is 361 g/mol. The number of Topliss-reactive ketones (excluding diaryl/α,β-unsaturated/α-hetero) is 1. The smallest absolute Gasteiger partial charge is 0.151 e. The summed E-state index contributed by atoms with van der Waals surface area (Å²) in [5.74, 6) is -0.305. The summed E-state index contributed by atoms with van der Waals surface area (Å²) in [4.78, 5) is 17.7. The number of hydrogen-bond donors (Lipinski definition) is 1. The Morgan fingerprint density at radius 1 is 1.48 bits per heavy atom. The van der Waals surface area contributed by atoms with E-state index in [9.17, 15) is 14.4 Å². The third kappa shape index (κ3) is 3.80. The van der Waals surface area contributed by atoms with Crippen molar-refractivity contribution in [2.75, 3.05) is 0 Å². The molecule has 27 heavy (non-hydrogen) atoms. The molecule has 1 aliphatic carbocycles. The maximum absolute atomic E-state index is 14.6. The highest BCUT2D eigenvalue weighted by Gasteiger charge is 2.42. The van der Waals surface area contributed by atoms with Gasteiger partial charge in [0.2, 0.25) is 0 Å². The number of nitriles is 1. The summed E-state index contributed by atoms with van der Waals surface area (Å²) in [6.45, 7) is 1.92. The van der Waals surface area contributed by atoms with Gasteiger partial charge in [0, 0.05) is 18.7 Å². The minimum Gasteiger partial charge on any atom is -0.304 e. The first kappa shape index (κ1) is 18.3. The number of benzene rings is 1. The van der Waals surface area contributed by atoms with Crippen molar-refractivity contribution in [3.05, 3.63) is 40.8 Å². The average molecular weight is 383 g/mol. The van der Waals surface area contributed by atoms with Crippen LogP contribution in [0.1, 0.15) is 36.3 Å². The summed E-state index contributed by atoms with van der Waals surface area (Å²) in [6.07, 6.45) is 5.50. The number of nitrogens with zero attached hydrogens (tertiary/aromatic N) is 2. The normalized spacial score (nSPS) is 24.7. The zero-order chi connectivity index (χ0) is 19.0. The summed E-state index contributed by atoms with van der Waals surface area (Å²) in [7, 11) is 0. The van der Waals surface area contributed by atoms with Crippen LogP contribution in [-0.2, 0) is 11.2 Å². The van der Waals surface area contributed by atoms with Gasteiger partial charge in [-0.1, -0.05) is 12.1 Å². The Balaban J connectivity index is 1.42. The molecule has 0 radical (unpaired) electrons. The second-order valence-electron chi connectivity index (χ2n) is 7.66. The van der Waals surface area contributed by atoms with E-state index in [1.54, 1.807) is 12.3 Å². The van der Waals surface area contributed by atoms with Gasteiger partial charge in [0.15, 0.2) is 5.78 Å². The van der Waals surface area contributed by atoms with Crippen LogP contribution in [0.5, 0.6) is 0 Å². The molecule has 0 spiro atoms. The highest BCUT2D eigenvalue weighted by Crippen LogP contribution is 2.36. The summed E-state index contributed by atoms with van der Waals surface area (Å²) >= 11 is 1.52. The Morgan fingerprint density at radius 2 is 2.33 bits per heavy atom. The molecule has 6 heteroatoms. The van der Waals surface area contributed by atoms with Crippen molar-refractivity contribution in [2.24, 2.45) is 11.8 Å². The number of carbonyl (C=O) groups excluding carboxylic acids is 1. The van der Waals surface area contributed by atoms with Crippen molar-refractivity contribution in [1.82, 2.24) is 10.3 Å². The molecule has 2 aromatic rings. The maximum Gasteiger partial charge on any atom is 0.151 e. The molecule has 2 fully saturated rings. The SMILES string of the molecule is Cc1ncc(-c2ccc(C[C@@H](C#N)CC(=O)[C@H]3N[C@@H]4CC[C@H]3C4)c(F)c2)s1. The average Bonchev–Trinajstić information content (AvgIpc) is 3.39. The van der Waals surface area contributed by atoms with Gasteiger partial charge in [-0.15, -0.1) is 11.3 Å². The molecule has 4 nitrogen and oxygen atoms in total. The number of aromatic nitrogens is 1. The minimum atomic E-state index is -0.496. The van der Waals surface area contributed by atoms with Crippen molar-refractivity contribution >= 4 is 17.1 Å². The number of nitrogens with one attached hydrogen (secondary N) is 1. The van der Waals surface area contributed by atoms with Crippen LogP contribution in [0.3, 0.4) is 0 Å². The third-order valence-electron chi connectivity index (χ3n) is 5.76. The van der Waals surface area contributed by atoms with Gasteiger partial charge in [0.1, 0.15) is 5.82 Å². The van der Waals surface area contributed by atoms with Crippen molar-refractivity contribution in [2.45, 2.75) is 51.1 Å². The maximum atomic E-state index is 14.6. The monoisotopic (exact) mass is 383 g/mol. The highest BCUT2D eigenvalue weighted by molar-refractivity contribution is 7.15. The molecule has 2 heterocycles. The lowest BCUT2D eigenvalue weighted by Crippen LogP contribution is -2.42. The van der Waals surface area contributed by atoms with E-state index in [1.165, 1.54) is 17.4 Å². The van der Waals surface area contributed by atoms with Gasteiger partial charge < -0.3 is 5.32 Å². The number of hydrogen-bond acceptors (Lipinski definition) is 5. The van der Waals surface area contributed by atoms with Gasteiger partial charge in [-0.2, -0.15) is 5.26 Å². The molecule has 1 aliphatic heterocycles. The van der Waals surface area contributed by atoms with Crippen LogP contribution in [0.25, 0.3) is 10.4 Å². The van der Waals surface area contributed by atoms with Crippen LogP contribution in [0.15, 0.2) is 24.4 Å². The molecule has 1 aromatic heterocycles. The standard InChI is InChI=1S/C21H22FN3OS/c1-12-24-11-20(27-12)15-3-2-14(18(22)9-15)6-13(10-23)7-19(26)21-16-4-5-17(8-16)25-21/h2-3,9,11,13,16-17,21,25H,4-8H2,1H3/t13-,16+,17-,21+/m1/s1. The van der Waals surface area contributed by atoms with Gasteiger partial charge in [-0.3, -0.25) is 4.79 Å². The Kier molecular flexibility index (Phi) is 5.07. The number of ketones is 1.